The van der Waals surface area contributed by atoms with Gasteiger partial charge in [0.15, 0.2) is 22.0 Å². The number of halogens is 8. The van der Waals surface area contributed by atoms with Gasteiger partial charge in [-0.05, 0) is 35.4 Å². The van der Waals surface area contributed by atoms with E-state index in [1.165, 1.54) is 0 Å². The van der Waals surface area contributed by atoms with Crippen molar-refractivity contribution in [1.82, 2.24) is 15.6 Å². The monoisotopic (exact) mass is 615 g/mol. The van der Waals surface area contributed by atoms with E-state index < -0.39 is 99.3 Å². The normalized spacial score (nSPS) is 18.3. The van der Waals surface area contributed by atoms with E-state index in [1.807, 2.05) is 5.32 Å². The van der Waals surface area contributed by atoms with Crippen LogP contribution in [0.15, 0.2) is 48.2 Å². The van der Waals surface area contributed by atoms with Crippen LogP contribution in [0.3, 0.4) is 0 Å². The lowest BCUT2D eigenvalue weighted by atomic mass is 9.77. The number of alkyl halides is 8. The summed E-state index contributed by atoms with van der Waals surface area (Å²) in [5.41, 5.74) is -5.48. The second kappa shape index (κ2) is 11.6. The molecule has 1 aliphatic rings. The van der Waals surface area contributed by atoms with E-state index in [9.17, 15) is 53.1 Å². The number of pyridine rings is 1. The summed E-state index contributed by atoms with van der Waals surface area (Å²) < 4.78 is 135. The highest BCUT2D eigenvalue weighted by atomic mass is 32.2. The average Bonchev–Trinajstić information content (AvgIpc) is 2.84. The number of carbonyl (C=O) groups excluding carboxylic acids is 2. The van der Waals surface area contributed by atoms with Crippen molar-refractivity contribution in [2.45, 2.75) is 30.7 Å². The van der Waals surface area contributed by atoms with Gasteiger partial charge in [0.1, 0.15) is 11.5 Å². The Labute approximate surface area is 227 Å². The molecular weight excluding hydrogens is 594 g/mol. The molecule has 41 heavy (non-hydrogen) atoms. The number of rotatable bonds is 9. The molecule has 0 fully saturated rings. The quantitative estimate of drug-likeness (QED) is 0.415. The van der Waals surface area contributed by atoms with Gasteiger partial charge >= 0.3 is 12.4 Å². The van der Waals surface area contributed by atoms with Crippen LogP contribution >= 0.6 is 0 Å². The number of amides is 2. The molecule has 0 spiro atoms. The fourth-order valence-corrected chi connectivity index (χ4v) is 4.53. The van der Waals surface area contributed by atoms with Gasteiger partial charge in [-0.25, -0.2) is 17.2 Å². The maximum absolute atomic E-state index is 14.7. The topological polar surface area (TPSA) is 114 Å². The van der Waals surface area contributed by atoms with Crippen molar-refractivity contribution < 1.29 is 57.9 Å². The predicted molar refractivity (Wildman–Crippen MR) is 127 cm³/mol. The first-order valence-corrected chi connectivity index (χ1v) is 13.5. The van der Waals surface area contributed by atoms with Gasteiger partial charge in [0.25, 0.3) is 6.43 Å². The van der Waals surface area contributed by atoms with Crippen molar-refractivity contribution in [3.05, 3.63) is 65.0 Å². The number of aromatic nitrogens is 1. The molecule has 8 nitrogen and oxygen atoms in total. The zero-order chi connectivity index (χ0) is 30.8. The molecule has 0 bridgehead atoms. The van der Waals surface area contributed by atoms with E-state index in [2.05, 4.69) is 15.0 Å². The van der Waals surface area contributed by atoms with Crippen LogP contribution in [-0.2, 0) is 25.0 Å². The summed E-state index contributed by atoms with van der Waals surface area (Å²) in [5, 5.41) is 3.99. The molecule has 0 radical (unpaired) electrons. The van der Waals surface area contributed by atoms with E-state index >= 15 is 0 Å². The molecule has 0 unspecified atom stereocenters. The first-order chi connectivity index (χ1) is 18.8. The summed E-state index contributed by atoms with van der Waals surface area (Å²) in [5.74, 6) is -3.79. The molecule has 1 aromatic carbocycles. The third kappa shape index (κ3) is 7.92. The fourth-order valence-electron chi connectivity index (χ4n) is 3.95. The lowest BCUT2D eigenvalue weighted by Gasteiger charge is -2.41. The standard InChI is InChI=1S/C24H21F8N3O5S/c1-41(38,39)11-19(36)34-10-17-16(18-7-2-13(9-33-18)20(25)26)8-22(24(30,31)32,35-21(17)37)14-3-5-15(6-4-14)40-12-23(27,28)29/h2-7,9,20H,8,10-12H2,1H3,(H,34,36)(H,35,37)/t22-/m1/s1. The van der Waals surface area contributed by atoms with E-state index in [4.69, 9.17) is 0 Å². The molecule has 0 saturated heterocycles. The Morgan fingerprint density at radius 3 is 2.22 bits per heavy atom. The number of sulfone groups is 1. The summed E-state index contributed by atoms with van der Waals surface area (Å²) >= 11 is 0. The third-order valence-electron chi connectivity index (χ3n) is 5.84. The molecule has 2 heterocycles. The largest absolute Gasteiger partial charge is 0.484 e. The Kier molecular flexibility index (Phi) is 9.00. The first kappa shape index (κ1) is 31.8. The molecule has 0 aliphatic carbocycles. The van der Waals surface area contributed by atoms with Gasteiger partial charge in [-0.1, -0.05) is 12.1 Å². The summed E-state index contributed by atoms with van der Waals surface area (Å²) in [6, 6.07) is 5.16. The number of hydrogen-bond acceptors (Lipinski definition) is 6. The second-order valence-corrected chi connectivity index (χ2v) is 11.2. The number of nitrogens with one attached hydrogen (secondary N) is 2. The van der Waals surface area contributed by atoms with Crippen molar-refractivity contribution in [2.75, 3.05) is 25.2 Å². The molecular formula is C24H21F8N3O5S. The van der Waals surface area contributed by atoms with Gasteiger partial charge < -0.3 is 15.4 Å². The molecule has 3 rings (SSSR count). The molecule has 2 N–H and O–H groups in total. The van der Waals surface area contributed by atoms with Crippen LogP contribution in [0.1, 0.15) is 29.7 Å². The third-order valence-corrected chi connectivity index (χ3v) is 6.63. The fraction of sp³-hybridized carbons (Fsp3) is 0.375. The minimum atomic E-state index is -5.21. The summed E-state index contributed by atoms with van der Waals surface area (Å²) in [6.45, 7) is -2.43. The summed E-state index contributed by atoms with van der Waals surface area (Å²) in [7, 11) is -3.79. The van der Waals surface area contributed by atoms with Crippen molar-refractivity contribution in [2.24, 2.45) is 0 Å². The zero-order valence-electron chi connectivity index (χ0n) is 20.9. The molecule has 224 valence electrons. The van der Waals surface area contributed by atoms with E-state index in [0.29, 0.717) is 6.20 Å². The van der Waals surface area contributed by atoms with Crippen molar-refractivity contribution in [3.63, 3.8) is 0 Å². The number of carbonyl (C=O) groups is 2. The highest BCUT2D eigenvalue weighted by Crippen LogP contribution is 2.48. The van der Waals surface area contributed by atoms with Gasteiger partial charge in [0.2, 0.25) is 11.8 Å². The molecule has 17 heteroatoms. The Hall–Kier alpha value is -3.76. The van der Waals surface area contributed by atoms with Gasteiger partial charge in [0.05, 0.1) is 5.69 Å². The van der Waals surface area contributed by atoms with Crippen LogP contribution in [0.5, 0.6) is 5.75 Å². The van der Waals surface area contributed by atoms with E-state index in [-0.39, 0.29) is 5.69 Å². The van der Waals surface area contributed by atoms with Crippen LogP contribution < -0.4 is 15.4 Å². The lowest BCUT2D eigenvalue weighted by molar-refractivity contribution is -0.201. The van der Waals surface area contributed by atoms with Crippen molar-refractivity contribution >= 4 is 27.2 Å². The highest BCUT2D eigenvalue weighted by Gasteiger charge is 2.59. The molecule has 1 atom stereocenters. The smallest absolute Gasteiger partial charge is 0.422 e. The van der Waals surface area contributed by atoms with Crippen LogP contribution in [0.25, 0.3) is 5.57 Å². The maximum atomic E-state index is 14.7. The lowest BCUT2D eigenvalue weighted by Crippen LogP contribution is -2.59. The molecule has 2 aromatic rings. The zero-order valence-corrected chi connectivity index (χ0v) is 21.7. The minimum absolute atomic E-state index is 0.310. The molecule has 0 saturated carbocycles. The number of ether oxygens (including phenoxy) is 1. The van der Waals surface area contributed by atoms with E-state index in [1.54, 1.807) is 0 Å². The van der Waals surface area contributed by atoms with Crippen LogP contribution in [0.4, 0.5) is 35.1 Å². The second-order valence-electron chi connectivity index (χ2n) is 9.04. The summed E-state index contributed by atoms with van der Waals surface area (Å²) in [6.07, 6.45) is -12.5. The SMILES string of the molecule is CS(=O)(=O)CC(=O)NCC1=C(c2ccc(C(F)F)cn2)C[C@@](c2ccc(OCC(F)(F)F)cc2)(C(F)(F)F)NC1=O. The molecule has 2 amide bonds. The number of nitrogens with zero attached hydrogens (tertiary/aromatic N) is 1. The minimum Gasteiger partial charge on any atom is -0.484 e. The van der Waals surface area contributed by atoms with Gasteiger partial charge in [-0.3, -0.25) is 14.6 Å². The average molecular weight is 615 g/mol. The Balaban J connectivity index is 2.08. The van der Waals surface area contributed by atoms with Gasteiger partial charge in [-0.15, -0.1) is 0 Å². The van der Waals surface area contributed by atoms with E-state index in [0.717, 1.165) is 42.7 Å². The van der Waals surface area contributed by atoms with Crippen LogP contribution in [0, 0.1) is 0 Å². The Bertz CT molecular complexity index is 1420. The van der Waals surface area contributed by atoms with Crippen molar-refractivity contribution in [3.8, 4) is 5.75 Å². The van der Waals surface area contributed by atoms with Crippen LogP contribution in [0.2, 0.25) is 0 Å². The van der Waals surface area contributed by atoms with Crippen molar-refractivity contribution in [1.29, 1.82) is 0 Å². The van der Waals surface area contributed by atoms with Gasteiger partial charge in [0, 0.05) is 36.6 Å². The van der Waals surface area contributed by atoms with Gasteiger partial charge in [-0.2, -0.15) is 26.3 Å². The molecule has 1 aromatic heterocycles. The Morgan fingerprint density at radius 2 is 1.73 bits per heavy atom. The van der Waals surface area contributed by atoms with Crippen LogP contribution in [-0.4, -0.2) is 62.7 Å². The highest BCUT2D eigenvalue weighted by molar-refractivity contribution is 7.91. The Morgan fingerprint density at radius 1 is 1.10 bits per heavy atom. The maximum Gasteiger partial charge on any atom is 0.422 e. The number of hydrogen-bond donors (Lipinski definition) is 2. The summed E-state index contributed by atoms with van der Waals surface area (Å²) in [4.78, 5) is 28.9. The first-order valence-electron chi connectivity index (χ1n) is 11.4. The predicted octanol–water partition coefficient (Wildman–Crippen LogP) is 3.85. The number of benzene rings is 1. The molecule has 1 aliphatic heterocycles.